The minimum atomic E-state index is 0.0874. The van der Waals surface area contributed by atoms with E-state index in [0.717, 1.165) is 17.8 Å². The van der Waals surface area contributed by atoms with E-state index >= 15 is 0 Å². The van der Waals surface area contributed by atoms with Crippen LogP contribution in [-0.4, -0.2) is 38.1 Å². The number of carbonyl (C=O) groups is 1. The van der Waals surface area contributed by atoms with Gasteiger partial charge in [0.2, 0.25) is 0 Å². The van der Waals surface area contributed by atoms with Gasteiger partial charge in [-0.05, 0) is 19.1 Å². The fourth-order valence-corrected chi connectivity index (χ4v) is 2.09. The first-order valence-electron chi connectivity index (χ1n) is 5.88. The Labute approximate surface area is 101 Å². The first-order chi connectivity index (χ1) is 8.22. The number of ketones is 1. The molecule has 1 aliphatic rings. The van der Waals surface area contributed by atoms with Gasteiger partial charge in [0.25, 0.3) is 0 Å². The predicted molar refractivity (Wildman–Crippen MR) is 67.5 cm³/mol. The van der Waals surface area contributed by atoms with Crippen molar-refractivity contribution in [2.45, 2.75) is 13.0 Å². The first kappa shape index (κ1) is 12.1. The third-order valence-corrected chi connectivity index (χ3v) is 3.08. The summed E-state index contributed by atoms with van der Waals surface area (Å²) in [6, 6.07) is 7.89. The van der Waals surface area contributed by atoms with Gasteiger partial charge in [-0.3, -0.25) is 4.79 Å². The Morgan fingerprint density at radius 1 is 1.59 bits per heavy atom. The summed E-state index contributed by atoms with van der Waals surface area (Å²) in [7, 11) is 0. The van der Waals surface area contributed by atoms with Crippen LogP contribution in [0.25, 0.3) is 0 Å². The lowest BCUT2D eigenvalue weighted by atomic mass is 10.1. The van der Waals surface area contributed by atoms with Gasteiger partial charge in [0.1, 0.15) is 0 Å². The number of carbonyl (C=O) groups excluding carboxylic acids is 1. The Morgan fingerprint density at radius 2 is 2.41 bits per heavy atom. The number of anilines is 1. The van der Waals surface area contributed by atoms with Crippen LogP contribution in [0.4, 0.5) is 5.69 Å². The smallest absolute Gasteiger partial charge is 0.159 e. The molecule has 0 bridgehead atoms. The van der Waals surface area contributed by atoms with Gasteiger partial charge >= 0.3 is 0 Å². The molecule has 1 aliphatic heterocycles. The zero-order valence-electron chi connectivity index (χ0n) is 10.1. The fourth-order valence-electron chi connectivity index (χ4n) is 2.09. The Balaban J connectivity index is 2.25. The van der Waals surface area contributed by atoms with Gasteiger partial charge in [0.05, 0.1) is 19.3 Å². The predicted octanol–water partition coefficient (Wildman–Crippen LogP) is 1.05. The highest BCUT2D eigenvalue weighted by Crippen LogP contribution is 2.20. The van der Waals surface area contributed by atoms with Gasteiger partial charge in [0.15, 0.2) is 5.78 Å². The molecule has 0 aromatic heterocycles. The monoisotopic (exact) mass is 234 g/mol. The molecule has 1 atom stereocenters. The Kier molecular flexibility index (Phi) is 3.76. The summed E-state index contributed by atoms with van der Waals surface area (Å²) in [5.41, 5.74) is 7.53. The largest absolute Gasteiger partial charge is 0.377 e. The number of hydrogen-bond donors (Lipinski definition) is 1. The van der Waals surface area contributed by atoms with Gasteiger partial charge in [-0.1, -0.05) is 12.1 Å². The zero-order chi connectivity index (χ0) is 12.3. The summed E-state index contributed by atoms with van der Waals surface area (Å²) in [5.74, 6) is 0.0874. The SMILES string of the molecule is CC(=O)c1cccc(N2CCOCC2CN)c1. The van der Waals surface area contributed by atoms with Crippen molar-refractivity contribution in [3.63, 3.8) is 0 Å². The third kappa shape index (κ3) is 2.65. The highest BCUT2D eigenvalue weighted by molar-refractivity contribution is 5.95. The molecule has 0 radical (unpaired) electrons. The lowest BCUT2D eigenvalue weighted by Crippen LogP contribution is -2.49. The van der Waals surface area contributed by atoms with Gasteiger partial charge < -0.3 is 15.4 Å². The van der Waals surface area contributed by atoms with Crippen molar-refractivity contribution in [3.8, 4) is 0 Å². The average Bonchev–Trinajstić information content (AvgIpc) is 2.39. The van der Waals surface area contributed by atoms with Crippen molar-refractivity contribution in [1.29, 1.82) is 0 Å². The maximum absolute atomic E-state index is 11.4. The molecule has 0 amide bonds. The molecule has 4 heteroatoms. The maximum Gasteiger partial charge on any atom is 0.159 e. The molecule has 2 rings (SSSR count). The molecule has 1 aromatic carbocycles. The van der Waals surface area contributed by atoms with E-state index in [2.05, 4.69) is 4.90 Å². The summed E-state index contributed by atoms with van der Waals surface area (Å²) in [5, 5.41) is 0. The van der Waals surface area contributed by atoms with E-state index < -0.39 is 0 Å². The van der Waals surface area contributed by atoms with Crippen LogP contribution in [0.5, 0.6) is 0 Å². The molecule has 0 spiro atoms. The molecule has 4 nitrogen and oxygen atoms in total. The lowest BCUT2D eigenvalue weighted by molar-refractivity contribution is 0.0962. The molecule has 1 heterocycles. The topological polar surface area (TPSA) is 55.6 Å². The van der Waals surface area contributed by atoms with E-state index in [1.165, 1.54) is 0 Å². The van der Waals surface area contributed by atoms with E-state index in [1.54, 1.807) is 6.92 Å². The minimum Gasteiger partial charge on any atom is -0.377 e. The van der Waals surface area contributed by atoms with Crippen LogP contribution >= 0.6 is 0 Å². The molecule has 17 heavy (non-hydrogen) atoms. The second-order valence-corrected chi connectivity index (χ2v) is 4.26. The molecule has 1 fully saturated rings. The van der Waals surface area contributed by atoms with Crippen molar-refractivity contribution in [2.24, 2.45) is 5.73 Å². The summed E-state index contributed by atoms with van der Waals surface area (Å²) < 4.78 is 5.41. The highest BCUT2D eigenvalue weighted by atomic mass is 16.5. The number of nitrogens with two attached hydrogens (primary N) is 1. The summed E-state index contributed by atoms with van der Waals surface area (Å²) in [4.78, 5) is 13.6. The van der Waals surface area contributed by atoms with Crippen molar-refractivity contribution < 1.29 is 9.53 Å². The van der Waals surface area contributed by atoms with Crippen LogP contribution in [-0.2, 0) is 4.74 Å². The van der Waals surface area contributed by atoms with Crippen molar-refractivity contribution in [3.05, 3.63) is 29.8 Å². The standard InChI is InChI=1S/C13H18N2O2/c1-10(16)11-3-2-4-12(7-11)15-5-6-17-9-13(15)8-14/h2-4,7,13H,5-6,8-9,14H2,1H3. The van der Waals surface area contributed by atoms with Gasteiger partial charge in [-0.15, -0.1) is 0 Å². The Bertz CT molecular complexity index is 406. The van der Waals surface area contributed by atoms with Crippen LogP contribution in [0.1, 0.15) is 17.3 Å². The summed E-state index contributed by atoms with van der Waals surface area (Å²) >= 11 is 0. The molecule has 2 N–H and O–H groups in total. The Hall–Kier alpha value is -1.39. The van der Waals surface area contributed by atoms with Crippen molar-refractivity contribution >= 4 is 11.5 Å². The third-order valence-electron chi connectivity index (χ3n) is 3.08. The first-order valence-corrected chi connectivity index (χ1v) is 5.88. The number of benzene rings is 1. The normalized spacial score (nSPS) is 20.4. The average molecular weight is 234 g/mol. The second-order valence-electron chi connectivity index (χ2n) is 4.26. The number of hydrogen-bond acceptors (Lipinski definition) is 4. The quantitative estimate of drug-likeness (QED) is 0.794. The molecular formula is C13H18N2O2. The number of rotatable bonds is 3. The summed E-state index contributed by atoms with van der Waals surface area (Å²) in [6.07, 6.45) is 0. The van der Waals surface area contributed by atoms with E-state index in [1.807, 2.05) is 24.3 Å². The molecular weight excluding hydrogens is 216 g/mol. The van der Waals surface area contributed by atoms with Crippen LogP contribution in [0.2, 0.25) is 0 Å². The van der Waals surface area contributed by atoms with E-state index in [4.69, 9.17) is 10.5 Å². The molecule has 1 saturated heterocycles. The number of nitrogens with zero attached hydrogens (tertiary/aromatic N) is 1. The van der Waals surface area contributed by atoms with Crippen LogP contribution in [0, 0.1) is 0 Å². The number of Topliss-reactive ketones (excluding diaryl/α,β-unsaturated/α-hetero) is 1. The molecule has 1 aromatic rings. The van der Waals surface area contributed by atoms with Crippen LogP contribution < -0.4 is 10.6 Å². The van der Waals surface area contributed by atoms with Crippen molar-refractivity contribution in [2.75, 3.05) is 31.2 Å². The van der Waals surface area contributed by atoms with Gasteiger partial charge in [-0.25, -0.2) is 0 Å². The van der Waals surface area contributed by atoms with Gasteiger partial charge in [-0.2, -0.15) is 0 Å². The highest BCUT2D eigenvalue weighted by Gasteiger charge is 2.22. The van der Waals surface area contributed by atoms with Crippen LogP contribution in [0.3, 0.4) is 0 Å². The molecule has 0 aliphatic carbocycles. The van der Waals surface area contributed by atoms with E-state index in [0.29, 0.717) is 19.8 Å². The van der Waals surface area contributed by atoms with Gasteiger partial charge in [0, 0.05) is 24.3 Å². The molecule has 0 saturated carbocycles. The fraction of sp³-hybridized carbons (Fsp3) is 0.462. The number of ether oxygens (including phenoxy) is 1. The maximum atomic E-state index is 11.4. The molecule has 92 valence electrons. The number of morpholine rings is 1. The minimum absolute atomic E-state index is 0.0874. The lowest BCUT2D eigenvalue weighted by Gasteiger charge is -2.36. The second kappa shape index (κ2) is 5.29. The van der Waals surface area contributed by atoms with Crippen LogP contribution in [0.15, 0.2) is 24.3 Å². The molecule has 1 unspecified atom stereocenters. The van der Waals surface area contributed by atoms with Crippen molar-refractivity contribution in [1.82, 2.24) is 0 Å². The van der Waals surface area contributed by atoms with E-state index in [9.17, 15) is 4.79 Å². The Morgan fingerprint density at radius 3 is 3.12 bits per heavy atom. The summed E-state index contributed by atoms with van der Waals surface area (Å²) in [6.45, 7) is 4.33. The zero-order valence-corrected chi connectivity index (χ0v) is 10.1. The van der Waals surface area contributed by atoms with E-state index in [-0.39, 0.29) is 11.8 Å².